The van der Waals surface area contributed by atoms with Crippen LogP contribution >= 0.6 is 0 Å². The standard InChI is InChI=1S/C22H26N2O6/c1-3-18(15-24-8-1)21(17-4-9-23-10-5-17)7-14-29-22(30-21,19-6-13-25-16-28-19)20-26-11-2-12-27-20/h1,3-5,8-10,15,19-20H,2,6-7,11-14,16H2. The van der Waals surface area contributed by atoms with E-state index in [4.69, 9.17) is 28.4 Å². The number of hydrogen-bond donors (Lipinski definition) is 0. The molecule has 2 aromatic heterocycles. The van der Waals surface area contributed by atoms with Crippen molar-refractivity contribution in [2.24, 2.45) is 0 Å². The molecule has 0 bridgehead atoms. The van der Waals surface area contributed by atoms with E-state index in [1.807, 2.05) is 30.5 Å². The zero-order chi connectivity index (χ0) is 20.3. The first-order valence-electron chi connectivity index (χ1n) is 10.4. The smallest absolute Gasteiger partial charge is 0.249 e. The highest BCUT2D eigenvalue weighted by Gasteiger charge is 2.59. The van der Waals surface area contributed by atoms with Crippen LogP contribution in [0.3, 0.4) is 0 Å². The van der Waals surface area contributed by atoms with Gasteiger partial charge in [0.05, 0.1) is 26.4 Å². The van der Waals surface area contributed by atoms with E-state index in [1.54, 1.807) is 18.6 Å². The second-order valence-corrected chi connectivity index (χ2v) is 7.62. The van der Waals surface area contributed by atoms with E-state index >= 15 is 0 Å². The third-order valence-electron chi connectivity index (χ3n) is 5.87. The molecule has 0 amide bonds. The van der Waals surface area contributed by atoms with Crippen LogP contribution in [0, 0.1) is 0 Å². The van der Waals surface area contributed by atoms with Crippen molar-refractivity contribution in [2.75, 3.05) is 33.2 Å². The van der Waals surface area contributed by atoms with Crippen LogP contribution in [-0.2, 0) is 34.0 Å². The quantitative estimate of drug-likeness (QED) is 0.754. The van der Waals surface area contributed by atoms with Gasteiger partial charge in [0.15, 0.2) is 0 Å². The van der Waals surface area contributed by atoms with Crippen LogP contribution in [0.1, 0.15) is 30.4 Å². The van der Waals surface area contributed by atoms with E-state index in [9.17, 15) is 0 Å². The van der Waals surface area contributed by atoms with Gasteiger partial charge in [0.1, 0.15) is 18.5 Å². The summed E-state index contributed by atoms with van der Waals surface area (Å²) in [4.78, 5) is 8.54. The van der Waals surface area contributed by atoms with Gasteiger partial charge in [-0.1, -0.05) is 6.07 Å². The molecule has 3 unspecified atom stereocenters. The zero-order valence-electron chi connectivity index (χ0n) is 16.8. The molecule has 3 aliphatic heterocycles. The Morgan fingerprint density at radius 2 is 1.73 bits per heavy atom. The SMILES string of the molecule is c1cncc(C2(c3ccncc3)CCOC(C3CCOCO3)(C3OCCCO3)O2)c1. The normalized spacial score (nSPS) is 33.3. The van der Waals surface area contributed by atoms with E-state index in [1.165, 1.54) is 0 Å². The van der Waals surface area contributed by atoms with Gasteiger partial charge in [0.2, 0.25) is 12.1 Å². The average molecular weight is 414 g/mol. The van der Waals surface area contributed by atoms with E-state index in [2.05, 4.69) is 9.97 Å². The highest BCUT2D eigenvalue weighted by Crippen LogP contribution is 2.48. The average Bonchev–Trinajstić information content (AvgIpc) is 2.86. The molecule has 0 radical (unpaired) electrons. The summed E-state index contributed by atoms with van der Waals surface area (Å²) in [5, 5.41) is 0. The number of pyridine rings is 2. The summed E-state index contributed by atoms with van der Waals surface area (Å²) < 4.78 is 36.8. The number of nitrogens with zero attached hydrogens (tertiary/aromatic N) is 2. The summed E-state index contributed by atoms with van der Waals surface area (Å²) in [5.41, 5.74) is 1.11. The first-order valence-corrected chi connectivity index (χ1v) is 10.4. The van der Waals surface area contributed by atoms with Gasteiger partial charge < -0.3 is 28.4 Å². The third-order valence-corrected chi connectivity index (χ3v) is 5.87. The van der Waals surface area contributed by atoms with Crippen molar-refractivity contribution in [3.8, 4) is 0 Å². The van der Waals surface area contributed by atoms with Gasteiger partial charge in [0, 0.05) is 43.2 Å². The number of hydrogen-bond acceptors (Lipinski definition) is 8. The van der Waals surface area contributed by atoms with Crippen LogP contribution in [0.25, 0.3) is 0 Å². The summed E-state index contributed by atoms with van der Waals surface area (Å²) in [6.07, 6.45) is 8.09. The Hall–Kier alpha value is -1.94. The first-order chi connectivity index (χ1) is 14.8. The topological polar surface area (TPSA) is 81.2 Å². The Morgan fingerprint density at radius 1 is 0.867 bits per heavy atom. The minimum absolute atomic E-state index is 0.182. The predicted octanol–water partition coefficient (Wildman–Crippen LogP) is 2.38. The van der Waals surface area contributed by atoms with Crippen LogP contribution in [0.4, 0.5) is 0 Å². The number of aromatic nitrogens is 2. The Balaban J connectivity index is 1.61. The lowest BCUT2D eigenvalue weighted by molar-refractivity contribution is -0.442. The van der Waals surface area contributed by atoms with Crippen molar-refractivity contribution < 1.29 is 28.4 Å². The monoisotopic (exact) mass is 414 g/mol. The Labute approximate surface area is 175 Å². The van der Waals surface area contributed by atoms with Crippen molar-refractivity contribution in [3.05, 3.63) is 60.2 Å². The van der Waals surface area contributed by atoms with Gasteiger partial charge in [-0.3, -0.25) is 9.97 Å². The van der Waals surface area contributed by atoms with Crippen LogP contribution in [0.5, 0.6) is 0 Å². The third kappa shape index (κ3) is 3.53. The highest BCUT2D eigenvalue weighted by molar-refractivity contribution is 5.35. The molecule has 5 heterocycles. The second-order valence-electron chi connectivity index (χ2n) is 7.62. The zero-order valence-corrected chi connectivity index (χ0v) is 16.8. The molecule has 0 saturated carbocycles. The Kier molecular flexibility index (Phi) is 5.77. The van der Waals surface area contributed by atoms with Gasteiger partial charge in [-0.05, 0) is 30.2 Å². The van der Waals surface area contributed by atoms with E-state index in [0.717, 1.165) is 17.5 Å². The van der Waals surface area contributed by atoms with Crippen LogP contribution in [-0.4, -0.2) is 61.4 Å². The van der Waals surface area contributed by atoms with Gasteiger partial charge in [0.25, 0.3) is 0 Å². The lowest BCUT2D eigenvalue weighted by Gasteiger charge is -2.54. The molecule has 3 fully saturated rings. The van der Waals surface area contributed by atoms with Crippen LogP contribution < -0.4 is 0 Å². The molecule has 2 aromatic rings. The van der Waals surface area contributed by atoms with Gasteiger partial charge in [-0.2, -0.15) is 0 Å². The molecule has 8 heteroatoms. The van der Waals surface area contributed by atoms with Crippen molar-refractivity contribution in [2.45, 2.75) is 43.0 Å². The van der Waals surface area contributed by atoms with Crippen molar-refractivity contribution in [3.63, 3.8) is 0 Å². The maximum atomic E-state index is 6.99. The molecule has 0 aromatic carbocycles. The van der Waals surface area contributed by atoms with E-state index in [0.29, 0.717) is 39.3 Å². The molecular formula is C22H26N2O6. The van der Waals surface area contributed by atoms with Crippen LogP contribution in [0.2, 0.25) is 0 Å². The fourth-order valence-electron chi connectivity index (χ4n) is 4.43. The Bertz CT molecular complexity index is 751. The van der Waals surface area contributed by atoms with Crippen molar-refractivity contribution >= 4 is 0 Å². The van der Waals surface area contributed by atoms with Gasteiger partial charge in [-0.15, -0.1) is 0 Å². The molecule has 0 spiro atoms. The maximum absolute atomic E-state index is 6.99. The molecule has 5 rings (SSSR count). The fraction of sp³-hybridized carbons (Fsp3) is 0.545. The second kappa shape index (κ2) is 8.66. The largest absolute Gasteiger partial charge is 0.355 e. The maximum Gasteiger partial charge on any atom is 0.249 e. The summed E-state index contributed by atoms with van der Waals surface area (Å²) in [6, 6.07) is 7.88. The van der Waals surface area contributed by atoms with E-state index < -0.39 is 23.8 Å². The van der Waals surface area contributed by atoms with E-state index in [-0.39, 0.29) is 6.79 Å². The summed E-state index contributed by atoms with van der Waals surface area (Å²) in [5.74, 6) is -1.23. The van der Waals surface area contributed by atoms with Crippen molar-refractivity contribution in [1.29, 1.82) is 0 Å². The Morgan fingerprint density at radius 3 is 2.47 bits per heavy atom. The summed E-state index contributed by atoms with van der Waals surface area (Å²) in [6.45, 7) is 2.35. The molecule has 0 aliphatic carbocycles. The molecule has 8 nitrogen and oxygen atoms in total. The summed E-state index contributed by atoms with van der Waals surface area (Å²) in [7, 11) is 0. The van der Waals surface area contributed by atoms with Gasteiger partial charge in [-0.25, -0.2) is 0 Å². The lowest BCUT2D eigenvalue weighted by atomic mass is 9.83. The predicted molar refractivity (Wildman–Crippen MR) is 104 cm³/mol. The van der Waals surface area contributed by atoms with Crippen molar-refractivity contribution in [1.82, 2.24) is 9.97 Å². The minimum atomic E-state index is -1.23. The molecule has 0 N–H and O–H groups in total. The molecular weight excluding hydrogens is 388 g/mol. The van der Waals surface area contributed by atoms with Crippen LogP contribution in [0.15, 0.2) is 49.1 Å². The molecule has 160 valence electrons. The molecule has 3 saturated heterocycles. The lowest BCUT2D eigenvalue weighted by Crippen LogP contribution is -2.66. The number of rotatable bonds is 4. The minimum Gasteiger partial charge on any atom is -0.355 e. The fourth-order valence-corrected chi connectivity index (χ4v) is 4.43. The first kappa shape index (κ1) is 20.0. The van der Waals surface area contributed by atoms with Gasteiger partial charge >= 0.3 is 0 Å². The summed E-state index contributed by atoms with van der Waals surface area (Å²) >= 11 is 0. The molecule has 30 heavy (non-hydrogen) atoms. The highest BCUT2D eigenvalue weighted by atomic mass is 16.8. The molecule has 3 atom stereocenters. The number of ether oxygens (including phenoxy) is 6. The molecule has 3 aliphatic rings.